The number of rotatable bonds is 4. The number of ether oxygens (including phenoxy) is 1. The Hall–Kier alpha value is -2.43. The largest absolute Gasteiger partial charge is 0.478 e. The molecule has 0 atom stereocenters. The zero-order valence-corrected chi connectivity index (χ0v) is 12.3. The quantitative estimate of drug-likeness (QED) is 0.862. The van der Waals surface area contributed by atoms with Gasteiger partial charge in [0.15, 0.2) is 0 Å². The Labute approximate surface area is 124 Å². The molecular weight excluding hydrogens is 264 g/mol. The third kappa shape index (κ3) is 3.02. The Morgan fingerprint density at radius 2 is 2.24 bits per heavy atom. The maximum Gasteiger partial charge on any atom is 0.218 e. The van der Waals surface area contributed by atoms with E-state index in [1.54, 1.807) is 6.20 Å². The van der Waals surface area contributed by atoms with Gasteiger partial charge < -0.3 is 9.64 Å². The van der Waals surface area contributed by atoms with Crippen molar-refractivity contribution in [2.45, 2.75) is 13.8 Å². The molecule has 1 aliphatic rings. The van der Waals surface area contributed by atoms with Crippen LogP contribution < -0.4 is 9.64 Å². The highest BCUT2D eigenvalue weighted by Crippen LogP contribution is 2.26. The van der Waals surface area contributed by atoms with E-state index in [-0.39, 0.29) is 0 Å². The molecule has 3 rings (SSSR count). The Morgan fingerprint density at radius 1 is 1.33 bits per heavy atom. The fourth-order valence-electron chi connectivity index (χ4n) is 2.40. The maximum absolute atomic E-state index is 5.49. The van der Waals surface area contributed by atoms with Gasteiger partial charge in [0.05, 0.1) is 6.61 Å². The summed E-state index contributed by atoms with van der Waals surface area (Å²) < 4.78 is 5.49. The Bertz CT molecular complexity index is 655. The Morgan fingerprint density at radius 3 is 3.00 bits per heavy atom. The maximum atomic E-state index is 5.49. The highest BCUT2D eigenvalue weighted by molar-refractivity contribution is 5.73. The molecule has 0 unspecified atom stereocenters. The average molecular weight is 282 g/mol. The van der Waals surface area contributed by atoms with Gasteiger partial charge in [0.25, 0.3) is 0 Å². The summed E-state index contributed by atoms with van der Waals surface area (Å²) in [5, 5.41) is 0. The van der Waals surface area contributed by atoms with Crippen molar-refractivity contribution in [2.24, 2.45) is 0 Å². The van der Waals surface area contributed by atoms with E-state index in [9.17, 15) is 0 Å². The van der Waals surface area contributed by atoms with Gasteiger partial charge in [-0.05, 0) is 31.1 Å². The smallest absolute Gasteiger partial charge is 0.218 e. The van der Waals surface area contributed by atoms with Crippen LogP contribution >= 0.6 is 0 Å². The predicted molar refractivity (Wildman–Crippen MR) is 82.4 cm³/mol. The van der Waals surface area contributed by atoms with E-state index in [4.69, 9.17) is 4.74 Å². The van der Waals surface area contributed by atoms with Crippen LogP contribution in [0.15, 0.2) is 36.7 Å². The van der Waals surface area contributed by atoms with Crippen molar-refractivity contribution in [3.63, 3.8) is 0 Å². The van der Waals surface area contributed by atoms with Gasteiger partial charge in [0, 0.05) is 31.5 Å². The van der Waals surface area contributed by atoms with Gasteiger partial charge in [-0.2, -0.15) is 4.98 Å². The van der Waals surface area contributed by atoms with Crippen molar-refractivity contribution in [2.75, 3.05) is 24.6 Å². The summed E-state index contributed by atoms with van der Waals surface area (Å²) in [6.45, 7) is 6.11. The van der Waals surface area contributed by atoms with Crippen LogP contribution in [0.5, 0.6) is 5.88 Å². The second-order valence-corrected chi connectivity index (χ2v) is 4.90. The number of hydrogen-bond acceptors (Lipinski definition) is 5. The van der Waals surface area contributed by atoms with Gasteiger partial charge in [0.2, 0.25) is 5.88 Å². The third-order valence-electron chi connectivity index (χ3n) is 3.37. The average Bonchev–Trinajstić information content (AvgIpc) is 2.98. The summed E-state index contributed by atoms with van der Waals surface area (Å²) in [5.74, 6) is 2.27. The van der Waals surface area contributed by atoms with E-state index in [1.807, 2.05) is 32.2 Å². The summed E-state index contributed by atoms with van der Waals surface area (Å²) in [4.78, 5) is 15.2. The highest BCUT2D eigenvalue weighted by atomic mass is 16.5. The monoisotopic (exact) mass is 282 g/mol. The van der Waals surface area contributed by atoms with Gasteiger partial charge in [0.1, 0.15) is 11.6 Å². The molecule has 0 N–H and O–H groups in total. The zero-order chi connectivity index (χ0) is 14.7. The molecule has 5 heteroatoms. The third-order valence-corrected chi connectivity index (χ3v) is 3.37. The minimum absolute atomic E-state index is 0.606. The van der Waals surface area contributed by atoms with E-state index >= 15 is 0 Å². The molecular formula is C16H18N4O. The molecule has 0 saturated carbocycles. The summed E-state index contributed by atoms with van der Waals surface area (Å²) in [5.41, 5.74) is 2.44. The van der Waals surface area contributed by atoms with Gasteiger partial charge in [-0.1, -0.05) is 12.1 Å². The number of aryl methyl sites for hydroxylation is 1. The molecule has 3 heterocycles. The predicted octanol–water partition coefficient (Wildman–Crippen LogP) is 2.48. The van der Waals surface area contributed by atoms with Crippen molar-refractivity contribution >= 4 is 11.4 Å². The summed E-state index contributed by atoms with van der Waals surface area (Å²) in [6.07, 6.45) is 5.90. The van der Waals surface area contributed by atoms with E-state index in [0.29, 0.717) is 12.5 Å². The standard InChI is InChI=1S/C16H18N4O/c1-3-21-16-9-15(18-12(2)19-16)20-8-6-14(11-20)13-5-4-7-17-10-13/h4-7,9-10H,3,8,11H2,1-2H3. The van der Waals surface area contributed by atoms with Crippen LogP contribution in [-0.2, 0) is 0 Å². The lowest BCUT2D eigenvalue weighted by molar-refractivity contribution is 0.325. The molecule has 5 nitrogen and oxygen atoms in total. The molecule has 0 bridgehead atoms. The van der Waals surface area contributed by atoms with Crippen LogP contribution in [0.2, 0.25) is 0 Å². The van der Waals surface area contributed by atoms with Crippen molar-refractivity contribution in [1.82, 2.24) is 15.0 Å². The number of aromatic nitrogens is 3. The van der Waals surface area contributed by atoms with Crippen LogP contribution in [0.25, 0.3) is 5.57 Å². The normalized spacial score (nSPS) is 14.2. The van der Waals surface area contributed by atoms with Crippen molar-refractivity contribution in [3.05, 3.63) is 48.1 Å². The zero-order valence-electron chi connectivity index (χ0n) is 12.3. The molecule has 0 spiro atoms. The van der Waals surface area contributed by atoms with Crippen LogP contribution in [0.3, 0.4) is 0 Å². The molecule has 108 valence electrons. The number of pyridine rings is 1. The lowest BCUT2D eigenvalue weighted by Gasteiger charge is -2.18. The number of anilines is 1. The summed E-state index contributed by atoms with van der Waals surface area (Å²) in [7, 11) is 0. The Kier molecular flexibility index (Phi) is 3.81. The fourth-order valence-corrected chi connectivity index (χ4v) is 2.40. The first kappa shape index (κ1) is 13.5. The van der Waals surface area contributed by atoms with Crippen LogP contribution in [-0.4, -0.2) is 34.6 Å². The Balaban J connectivity index is 1.78. The minimum Gasteiger partial charge on any atom is -0.478 e. The number of nitrogens with zero attached hydrogens (tertiary/aromatic N) is 4. The molecule has 2 aromatic heterocycles. The van der Waals surface area contributed by atoms with E-state index < -0.39 is 0 Å². The molecule has 21 heavy (non-hydrogen) atoms. The SMILES string of the molecule is CCOc1cc(N2CC=C(c3cccnc3)C2)nc(C)n1. The molecule has 0 saturated heterocycles. The van der Waals surface area contributed by atoms with E-state index in [2.05, 4.69) is 32.0 Å². The molecule has 0 aliphatic carbocycles. The van der Waals surface area contributed by atoms with Crippen LogP contribution in [0.4, 0.5) is 5.82 Å². The van der Waals surface area contributed by atoms with Crippen LogP contribution in [0, 0.1) is 6.92 Å². The summed E-state index contributed by atoms with van der Waals surface area (Å²) in [6, 6.07) is 5.94. The van der Waals surface area contributed by atoms with E-state index in [1.165, 1.54) is 5.57 Å². The highest BCUT2D eigenvalue weighted by Gasteiger charge is 2.18. The van der Waals surface area contributed by atoms with E-state index in [0.717, 1.165) is 30.3 Å². The topological polar surface area (TPSA) is 51.1 Å². The van der Waals surface area contributed by atoms with Crippen molar-refractivity contribution in [3.8, 4) is 5.88 Å². The molecule has 2 aromatic rings. The molecule has 0 fully saturated rings. The lowest BCUT2D eigenvalue weighted by Crippen LogP contribution is -2.21. The van der Waals surface area contributed by atoms with Crippen molar-refractivity contribution < 1.29 is 4.74 Å². The second-order valence-electron chi connectivity index (χ2n) is 4.90. The van der Waals surface area contributed by atoms with Gasteiger partial charge in [-0.15, -0.1) is 0 Å². The number of hydrogen-bond donors (Lipinski definition) is 0. The van der Waals surface area contributed by atoms with Crippen molar-refractivity contribution in [1.29, 1.82) is 0 Å². The second kappa shape index (κ2) is 5.91. The molecule has 0 radical (unpaired) electrons. The van der Waals surface area contributed by atoms with Gasteiger partial charge in [-0.25, -0.2) is 4.98 Å². The first-order chi connectivity index (χ1) is 10.3. The lowest BCUT2D eigenvalue weighted by atomic mass is 10.1. The summed E-state index contributed by atoms with van der Waals surface area (Å²) >= 11 is 0. The molecule has 1 aliphatic heterocycles. The van der Waals surface area contributed by atoms with Crippen LogP contribution in [0.1, 0.15) is 18.3 Å². The molecule has 0 amide bonds. The minimum atomic E-state index is 0.606. The van der Waals surface area contributed by atoms with Gasteiger partial charge in [-0.3, -0.25) is 4.98 Å². The first-order valence-electron chi connectivity index (χ1n) is 7.09. The fraction of sp³-hybridized carbons (Fsp3) is 0.312. The van der Waals surface area contributed by atoms with Gasteiger partial charge >= 0.3 is 0 Å². The molecule has 0 aromatic carbocycles. The first-order valence-corrected chi connectivity index (χ1v) is 7.09.